The van der Waals surface area contributed by atoms with E-state index < -0.39 is 0 Å². The Labute approximate surface area is 158 Å². The van der Waals surface area contributed by atoms with Crippen molar-refractivity contribution in [3.05, 3.63) is 34.9 Å². The van der Waals surface area contributed by atoms with Gasteiger partial charge in [-0.25, -0.2) is 0 Å². The first kappa shape index (κ1) is 19.1. The highest BCUT2D eigenvalue weighted by Gasteiger charge is 2.36. The Hall–Kier alpha value is -2.70. The van der Waals surface area contributed by atoms with Crippen molar-refractivity contribution < 1.29 is 23.9 Å². The van der Waals surface area contributed by atoms with Gasteiger partial charge in [-0.05, 0) is 37.0 Å². The second kappa shape index (κ2) is 7.50. The van der Waals surface area contributed by atoms with Gasteiger partial charge in [0.1, 0.15) is 0 Å². The van der Waals surface area contributed by atoms with Crippen molar-refractivity contribution in [3.63, 3.8) is 0 Å². The predicted molar refractivity (Wildman–Crippen MR) is 97.3 cm³/mol. The summed E-state index contributed by atoms with van der Waals surface area (Å²) in [6.45, 7) is 5.16. The molecule has 1 saturated heterocycles. The Balaban J connectivity index is 1.74. The number of amides is 3. The summed E-state index contributed by atoms with van der Waals surface area (Å²) >= 11 is 0. The van der Waals surface area contributed by atoms with Crippen molar-refractivity contribution in [1.29, 1.82) is 0 Å². The molecule has 1 aromatic carbocycles. The molecule has 3 rings (SSSR count). The van der Waals surface area contributed by atoms with Gasteiger partial charge in [0.15, 0.2) is 0 Å². The monoisotopic (exact) mass is 372 g/mol. The van der Waals surface area contributed by atoms with Crippen LogP contribution in [0.1, 0.15) is 57.8 Å². The van der Waals surface area contributed by atoms with Crippen LogP contribution in [0.5, 0.6) is 0 Å². The molecule has 0 unspecified atom stereocenters. The first-order chi connectivity index (χ1) is 12.8. The van der Waals surface area contributed by atoms with E-state index in [9.17, 15) is 19.2 Å². The molecule has 7 heteroatoms. The van der Waals surface area contributed by atoms with Gasteiger partial charge in [0.2, 0.25) is 0 Å². The molecule has 0 radical (unpaired) electrons. The van der Waals surface area contributed by atoms with Crippen LogP contribution < -0.4 is 0 Å². The average Bonchev–Trinajstić information content (AvgIpc) is 2.91. The molecule has 0 atom stereocenters. The minimum absolute atomic E-state index is 0.171. The number of ether oxygens (including phenoxy) is 1. The lowest BCUT2D eigenvalue weighted by molar-refractivity contribution is -0.146. The minimum atomic E-state index is -0.345. The molecule has 2 aliphatic rings. The van der Waals surface area contributed by atoms with E-state index in [2.05, 4.69) is 0 Å². The number of carbonyl (C=O) groups is 4. The molecule has 27 heavy (non-hydrogen) atoms. The summed E-state index contributed by atoms with van der Waals surface area (Å²) in [5, 5.41) is 0. The van der Waals surface area contributed by atoms with Crippen molar-refractivity contribution in [1.82, 2.24) is 9.80 Å². The summed E-state index contributed by atoms with van der Waals surface area (Å²) in [6, 6.07) is 4.67. The lowest BCUT2D eigenvalue weighted by Gasteiger charge is -2.30. The third-order valence-electron chi connectivity index (χ3n) is 5.08. The highest BCUT2D eigenvalue weighted by molar-refractivity contribution is 6.22. The normalized spacial score (nSPS) is 17.5. The number of esters is 1. The fourth-order valence-corrected chi connectivity index (χ4v) is 3.62. The molecule has 7 nitrogen and oxygen atoms in total. The number of rotatable bonds is 4. The molecule has 1 fully saturated rings. The zero-order valence-corrected chi connectivity index (χ0v) is 15.9. The Morgan fingerprint density at radius 2 is 1.74 bits per heavy atom. The Morgan fingerprint density at radius 3 is 2.33 bits per heavy atom. The number of carbonyl (C=O) groups excluding carboxylic acids is 4. The molecule has 0 N–H and O–H groups in total. The van der Waals surface area contributed by atoms with Gasteiger partial charge in [-0.1, -0.05) is 13.8 Å². The Morgan fingerprint density at radius 1 is 1.11 bits per heavy atom. The minimum Gasteiger partial charge on any atom is -0.469 e. The maximum atomic E-state index is 12.8. The van der Waals surface area contributed by atoms with Crippen LogP contribution >= 0.6 is 0 Å². The number of imide groups is 1. The average molecular weight is 372 g/mol. The van der Waals surface area contributed by atoms with Crippen LogP contribution in [0.2, 0.25) is 0 Å². The number of methoxy groups -OCH3 is 1. The molecule has 0 bridgehead atoms. The van der Waals surface area contributed by atoms with Crippen molar-refractivity contribution in [2.24, 2.45) is 11.8 Å². The number of fused-ring (bicyclic) bond motifs is 1. The SMILES string of the molecule is COC(=O)C1CCN(C(=O)c2ccc3c(c2)C(=O)N(CC(C)C)C3=O)CC1. The van der Waals surface area contributed by atoms with Crippen LogP contribution in [0.25, 0.3) is 0 Å². The Bertz CT molecular complexity index is 794. The second-order valence-electron chi connectivity index (χ2n) is 7.46. The fraction of sp³-hybridized carbons (Fsp3) is 0.500. The Kier molecular flexibility index (Phi) is 5.30. The number of benzene rings is 1. The molecule has 0 aromatic heterocycles. The van der Waals surface area contributed by atoms with Crippen molar-refractivity contribution in [2.75, 3.05) is 26.7 Å². The van der Waals surface area contributed by atoms with Crippen LogP contribution in [0.3, 0.4) is 0 Å². The zero-order chi connectivity index (χ0) is 19.7. The summed E-state index contributed by atoms with van der Waals surface area (Å²) in [4.78, 5) is 52.3. The van der Waals surface area contributed by atoms with Crippen LogP contribution in [-0.2, 0) is 9.53 Å². The van der Waals surface area contributed by atoms with E-state index in [1.165, 1.54) is 18.1 Å². The largest absolute Gasteiger partial charge is 0.469 e. The number of nitrogens with zero attached hydrogens (tertiary/aromatic N) is 2. The standard InChI is InChI=1S/C20H24N2O5/c1-12(2)11-22-18(24)15-5-4-14(10-16(15)19(22)25)17(23)21-8-6-13(7-9-21)20(26)27-3/h4-5,10,12-13H,6-9,11H2,1-3H3. The van der Waals surface area contributed by atoms with Crippen molar-refractivity contribution in [2.45, 2.75) is 26.7 Å². The first-order valence-electron chi connectivity index (χ1n) is 9.20. The van der Waals surface area contributed by atoms with Crippen LogP contribution in [0, 0.1) is 11.8 Å². The predicted octanol–water partition coefficient (Wildman–Crippen LogP) is 1.96. The summed E-state index contributed by atoms with van der Waals surface area (Å²) in [6.07, 6.45) is 1.12. The van der Waals surface area contributed by atoms with Gasteiger partial charge in [0, 0.05) is 25.2 Å². The van der Waals surface area contributed by atoms with E-state index in [0.29, 0.717) is 43.6 Å². The van der Waals surface area contributed by atoms with Crippen LogP contribution in [-0.4, -0.2) is 60.2 Å². The van der Waals surface area contributed by atoms with E-state index in [4.69, 9.17) is 4.74 Å². The maximum Gasteiger partial charge on any atom is 0.308 e. The van der Waals surface area contributed by atoms with Crippen molar-refractivity contribution >= 4 is 23.7 Å². The molecule has 3 amide bonds. The van der Waals surface area contributed by atoms with Gasteiger partial charge in [-0.2, -0.15) is 0 Å². The van der Waals surface area contributed by atoms with Gasteiger partial charge in [0.25, 0.3) is 17.7 Å². The van der Waals surface area contributed by atoms with E-state index in [1.54, 1.807) is 17.0 Å². The number of hydrogen-bond donors (Lipinski definition) is 0. The van der Waals surface area contributed by atoms with E-state index in [1.807, 2.05) is 13.8 Å². The van der Waals surface area contributed by atoms with E-state index in [-0.39, 0.29) is 41.1 Å². The quantitative estimate of drug-likeness (QED) is 0.596. The third-order valence-corrected chi connectivity index (χ3v) is 5.08. The van der Waals surface area contributed by atoms with Gasteiger partial charge in [-0.3, -0.25) is 24.1 Å². The number of piperidine rings is 1. The number of likely N-dealkylation sites (tertiary alicyclic amines) is 1. The molecule has 0 saturated carbocycles. The first-order valence-corrected chi connectivity index (χ1v) is 9.20. The third kappa shape index (κ3) is 3.59. The zero-order valence-electron chi connectivity index (χ0n) is 15.9. The van der Waals surface area contributed by atoms with Gasteiger partial charge < -0.3 is 9.64 Å². The van der Waals surface area contributed by atoms with E-state index in [0.717, 1.165) is 0 Å². The highest BCUT2D eigenvalue weighted by Crippen LogP contribution is 2.26. The lowest BCUT2D eigenvalue weighted by atomic mass is 9.96. The summed E-state index contributed by atoms with van der Waals surface area (Å²) in [5.74, 6) is -1.09. The number of hydrogen-bond acceptors (Lipinski definition) is 5. The lowest BCUT2D eigenvalue weighted by Crippen LogP contribution is -2.40. The molecule has 0 spiro atoms. The topological polar surface area (TPSA) is 84.0 Å². The molecule has 1 aromatic rings. The van der Waals surface area contributed by atoms with Gasteiger partial charge in [0.05, 0.1) is 24.2 Å². The second-order valence-corrected chi connectivity index (χ2v) is 7.46. The fourth-order valence-electron chi connectivity index (χ4n) is 3.62. The highest BCUT2D eigenvalue weighted by atomic mass is 16.5. The van der Waals surface area contributed by atoms with Crippen LogP contribution in [0.4, 0.5) is 0 Å². The smallest absolute Gasteiger partial charge is 0.308 e. The maximum absolute atomic E-state index is 12.8. The summed E-state index contributed by atoms with van der Waals surface area (Å²) in [7, 11) is 1.37. The van der Waals surface area contributed by atoms with Crippen LogP contribution in [0.15, 0.2) is 18.2 Å². The van der Waals surface area contributed by atoms with E-state index >= 15 is 0 Å². The van der Waals surface area contributed by atoms with Crippen molar-refractivity contribution in [3.8, 4) is 0 Å². The molecular formula is C20H24N2O5. The molecular weight excluding hydrogens is 348 g/mol. The molecule has 2 heterocycles. The molecule has 144 valence electrons. The van der Waals surface area contributed by atoms with Gasteiger partial charge >= 0.3 is 5.97 Å². The van der Waals surface area contributed by atoms with Gasteiger partial charge in [-0.15, -0.1) is 0 Å². The summed E-state index contributed by atoms with van der Waals surface area (Å²) in [5.41, 5.74) is 1.02. The molecule has 0 aliphatic carbocycles. The molecule has 2 aliphatic heterocycles. The summed E-state index contributed by atoms with van der Waals surface area (Å²) < 4.78 is 4.76.